The number of aryl methyl sites for hydroxylation is 1. The van der Waals surface area contributed by atoms with Gasteiger partial charge in [0.25, 0.3) is 11.8 Å². The molecule has 0 aliphatic carbocycles. The van der Waals surface area contributed by atoms with Crippen LogP contribution >= 0.6 is 15.9 Å². The Morgan fingerprint density at radius 1 is 1.32 bits per heavy atom. The molecule has 0 saturated carbocycles. The molecule has 0 aliphatic rings. The van der Waals surface area contributed by atoms with Gasteiger partial charge in [-0.05, 0) is 44.5 Å². The van der Waals surface area contributed by atoms with E-state index in [0.717, 1.165) is 20.6 Å². The van der Waals surface area contributed by atoms with Crippen LogP contribution in [-0.4, -0.2) is 49.9 Å². The van der Waals surface area contributed by atoms with Crippen molar-refractivity contribution >= 4 is 33.4 Å². The van der Waals surface area contributed by atoms with Crippen LogP contribution in [0.3, 0.4) is 0 Å². The van der Waals surface area contributed by atoms with Crippen LogP contribution in [0.15, 0.2) is 22.7 Å². The summed E-state index contributed by atoms with van der Waals surface area (Å²) in [6.07, 6.45) is 0. The van der Waals surface area contributed by atoms with Crippen molar-refractivity contribution in [2.24, 2.45) is 0 Å². The summed E-state index contributed by atoms with van der Waals surface area (Å²) in [7, 11) is 3.63. The molecule has 1 rings (SSSR count). The van der Waals surface area contributed by atoms with Gasteiger partial charge in [0, 0.05) is 23.2 Å². The fourth-order valence-electron chi connectivity index (χ4n) is 1.97. The van der Waals surface area contributed by atoms with Gasteiger partial charge in [0.15, 0.2) is 13.1 Å². The molecule has 0 bridgehead atoms. The molecule has 2 N–H and O–H groups in total. The molecule has 2 amide bonds. The van der Waals surface area contributed by atoms with Crippen LogP contribution < -0.4 is 10.2 Å². The number of hydrogen-bond donors (Lipinski definition) is 2. The van der Waals surface area contributed by atoms with E-state index in [1.807, 2.05) is 46.0 Å². The lowest BCUT2D eigenvalue weighted by Gasteiger charge is -2.23. The van der Waals surface area contributed by atoms with Gasteiger partial charge >= 0.3 is 0 Å². The fraction of sp³-hybridized carbons (Fsp3) is 0.500. The number of hydrogen-bond acceptors (Lipinski definition) is 2. The minimum Gasteiger partial charge on any atom is -0.338 e. The van der Waals surface area contributed by atoms with Crippen molar-refractivity contribution in [2.45, 2.75) is 26.8 Å². The van der Waals surface area contributed by atoms with Gasteiger partial charge in [-0.15, -0.1) is 0 Å². The lowest BCUT2D eigenvalue weighted by Crippen LogP contribution is -3.11. The van der Waals surface area contributed by atoms with Crippen LogP contribution in [0.5, 0.6) is 0 Å². The Kier molecular flexibility index (Phi) is 7.03. The molecule has 0 aromatic heterocycles. The Morgan fingerprint density at radius 2 is 1.95 bits per heavy atom. The second-order valence-electron chi connectivity index (χ2n) is 5.92. The molecular formula is C16H25BrN3O2+. The molecule has 0 heterocycles. The number of carbonyl (C=O) groups is 2. The zero-order valence-electron chi connectivity index (χ0n) is 13.9. The molecule has 0 aliphatic heterocycles. The third kappa shape index (κ3) is 5.77. The SMILES string of the molecule is Cc1cc(Br)ccc1NC(=O)C[NH+](C)CC(=O)N(C)C(C)C. The van der Waals surface area contributed by atoms with Crippen LogP contribution in [0.2, 0.25) is 0 Å². The quantitative estimate of drug-likeness (QED) is 0.786. The zero-order valence-corrected chi connectivity index (χ0v) is 15.5. The number of rotatable bonds is 6. The van der Waals surface area contributed by atoms with E-state index in [4.69, 9.17) is 0 Å². The number of nitrogens with zero attached hydrogens (tertiary/aromatic N) is 1. The summed E-state index contributed by atoms with van der Waals surface area (Å²) in [5.74, 6) is -0.0527. The highest BCUT2D eigenvalue weighted by molar-refractivity contribution is 9.10. The maximum absolute atomic E-state index is 12.1. The third-order valence-electron chi connectivity index (χ3n) is 3.55. The molecule has 6 heteroatoms. The minimum absolute atomic E-state index is 0.0418. The summed E-state index contributed by atoms with van der Waals surface area (Å²) in [5.41, 5.74) is 1.79. The van der Waals surface area contributed by atoms with E-state index in [0.29, 0.717) is 6.54 Å². The Morgan fingerprint density at radius 3 is 2.50 bits per heavy atom. The van der Waals surface area contributed by atoms with Crippen LogP contribution in [0.25, 0.3) is 0 Å². The molecule has 0 spiro atoms. The van der Waals surface area contributed by atoms with Crippen LogP contribution in [0.4, 0.5) is 5.69 Å². The highest BCUT2D eigenvalue weighted by Gasteiger charge is 2.19. The third-order valence-corrected chi connectivity index (χ3v) is 4.04. The summed E-state index contributed by atoms with van der Waals surface area (Å²) in [6, 6.07) is 5.87. The van der Waals surface area contributed by atoms with E-state index >= 15 is 0 Å². The van der Waals surface area contributed by atoms with Gasteiger partial charge in [-0.3, -0.25) is 9.59 Å². The molecule has 0 fully saturated rings. The fourth-order valence-corrected chi connectivity index (χ4v) is 2.44. The molecule has 5 nitrogen and oxygen atoms in total. The smallest absolute Gasteiger partial charge is 0.279 e. The van der Waals surface area contributed by atoms with E-state index in [1.54, 1.807) is 11.9 Å². The molecule has 22 heavy (non-hydrogen) atoms. The Balaban J connectivity index is 2.52. The first-order valence-corrected chi connectivity index (χ1v) is 8.13. The molecule has 1 aromatic rings. The average molecular weight is 371 g/mol. The van der Waals surface area contributed by atoms with Crippen LogP contribution in [0, 0.1) is 6.92 Å². The first kappa shape index (κ1) is 18.6. The Hall–Kier alpha value is -1.40. The molecule has 1 aromatic carbocycles. The molecule has 1 atom stereocenters. The van der Waals surface area contributed by atoms with Crippen molar-refractivity contribution in [1.82, 2.24) is 4.90 Å². The molecular weight excluding hydrogens is 346 g/mol. The number of likely N-dealkylation sites (N-methyl/N-ethyl adjacent to an activating group) is 2. The first-order valence-electron chi connectivity index (χ1n) is 7.33. The number of benzene rings is 1. The van der Waals surface area contributed by atoms with Crippen molar-refractivity contribution < 1.29 is 14.5 Å². The van der Waals surface area contributed by atoms with Gasteiger partial charge in [0.2, 0.25) is 0 Å². The first-order chi connectivity index (χ1) is 10.2. The summed E-state index contributed by atoms with van der Waals surface area (Å²) < 4.78 is 0.980. The van der Waals surface area contributed by atoms with Gasteiger partial charge in [-0.2, -0.15) is 0 Å². The van der Waals surface area contributed by atoms with Crippen LogP contribution in [0.1, 0.15) is 19.4 Å². The van der Waals surface area contributed by atoms with E-state index in [1.165, 1.54) is 0 Å². The van der Waals surface area contributed by atoms with Crippen molar-refractivity contribution in [2.75, 3.05) is 32.5 Å². The number of carbonyl (C=O) groups excluding carboxylic acids is 2. The van der Waals surface area contributed by atoms with E-state index in [-0.39, 0.29) is 24.4 Å². The predicted molar refractivity (Wildman–Crippen MR) is 92.0 cm³/mol. The number of quaternary nitrogens is 1. The topological polar surface area (TPSA) is 53.9 Å². The molecule has 122 valence electrons. The van der Waals surface area contributed by atoms with Crippen molar-refractivity contribution in [3.63, 3.8) is 0 Å². The second kappa shape index (κ2) is 8.29. The number of nitrogens with one attached hydrogen (secondary N) is 2. The number of anilines is 1. The number of amides is 2. The van der Waals surface area contributed by atoms with E-state index in [2.05, 4.69) is 21.2 Å². The number of halogens is 1. The maximum Gasteiger partial charge on any atom is 0.279 e. The van der Waals surface area contributed by atoms with Gasteiger partial charge < -0.3 is 15.1 Å². The highest BCUT2D eigenvalue weighted by atomic mass is 79.9. The summed E-state index contributed by atoms with van der Waals surface area (Å²) >= 11 is 3.40. The largest absolute Gasteiger partial charge is 0.338 e. The highest BCUT2D eigenvalue weighted by Crippen LogP contribution is 2.19. The lowest BCUT2D eigenvalue weighted by molar-refractivity contribution is -0.862. The maximum atomic E-state index is 12.1. The van der Waals surface area contributed by atoms with Gasteiger partial charge in [-0.25, -0.2) is 0 Å². The van der Waals surface area contributed by atoms with Crippen molar-refractivity contribution in [3.8, 4) is 0 Å². The van der Waals surface area contributed by atoms with E-state index < -0.39 is 0 Å². The summed E-state index contributed by atoms with van der Waals surface area (Å²) in [6.45, 7) is 6.44. The Bertz CT molecular complexity index is 546. The zero-order chi connectivity index (χ0) is 16.9. The van der Waals surface area contributed by atoms with Gasteiger partial charge in [0.05, 0.1) is 7.05 Å². The van der Waals surface area contributed by atoms with E-state index in [9.17, 15) is 9.59 Å². The molecule has 0 radical (unpaired) electrons. The summed E-state index contributed by atoms with van der Waals surface area (Å²) in [5, 5.41) is 2.89. The molecule has 0 saturated heterocycles. The predicted octanol–water partition coefficient (Wildman–Crippen LogP) is 1.08. The normalized spacial score (nSPS) is 12.1. The second-order valence-corrected chi connectivity index (χ2v) is 6.83. The van der Waals surface area contributed by atoms with Gasteiger partial charge in [-0.1, -0.05) is 15.9 Å². The van der Waals surface area contributed by atoms with Gasteiger partial charge in [0.1, 0.15) is 0 Å². The van der Waals surface area contributed by atoms with Crippen LogP contribution in [-0.2, 0) is 9.59 Å². The van der Waals surface area contributed by atoms with Crippen molar-refractivity contribution in [3.05, 3.63) is 28.2 Å². The summed E-state index contributed by atoms with van der Waals surface area (Å²) in [4.78, 5) is 26.6. The molecule has 1 unspecified atom stereocenters. The Labute approximate surface area is 140 Å². The average Bonchev–Trinajstić information content (AvgIpc) is 2.40. The van der Waals surface area contributed by atoms with Crippen molar-refractivity contribution in [1.29, 1.82) is 0 Å². The minimum atomic E-state index is -0.0945. The lowest BCUT2D eigenvalue weighted by atomic mass is 10.2. The monoisotopic (exact) mass is 370 g/mol. The standard InChI is InChI=1S/C16H24BrN3O2/c1-11(2)20(5)16(22)10-19(4)9-15(21)18-14-7-6-13(17)8-12(14)3/h6-8,11H,9-10H2,1-5H3,(H,18,21)/p+1.